The molecule has 0 aliphatic carbocycles. The van der Waals surface area contributed by atoms with Crippen LogP contribution in [0.4, 0.5) is 0 Å². The van der Waals surface area contributed by atoms with Gasteiger partial charge in [-0.25, -0.2) is 4.98 Å². The molecule has 0 unspecified atom stereocenters. The van der Waals surface area contributed by atoms with Crippen molar-refractivity contribution in [3.05, 3.63) is 71.1 Å². The van der Waals surface area contributed by atoms with Gasteiger partial charge in [0.15, 0.2) is 10.8 Å². The van der Waals surface area contributed by atoms with E-state index in [1.54, 1.807) is 6.20 Å². The van der Waals surface area contributed by atoms with E-state index >= 15 is 0 Å². The van der Waals surface area contributed by atoms with E-state index in [0.29, 0.717) is 6.54 Å². The van der Waals surface area contributed by atoms with E-state index in [1.807, 2.05) is 48.7 Å². The molecular formula is C21H19N3O2S. The van der Waals surface area contributed by atoms with Gasteiger partial charge in [-0.1, -0.05) is 24.3 Å². The quantitative estimate of drug-likeness (QED) is 0.548. The molecule has 0 aliphatic rings. The number of carbonyl (C=O) groups is 1. The van der Waals surface area contributed by atoms with Crippen molar-refractivity contribution in [2.24, 2.45) is 0 Å². The number of nitrogens with one attached hydrogen (secondary N) is 1. The maximum absolute atomic E-state index is 12.2. The van der Waals surface area contributed by atoms with E-state index in [0.717, 1.165) is 45.1 Å². The highest BCUT2D eigenvalue weighted by molar-refractivity contribution is 7.13. The third-order valence-electron chi connectivity index (χ3n) is 4.28. The maximum Gasteiger partial charge on any atom is 0.226 e. The van der Waals surface area contributed by atoms with E-state index in [1.165, 1.54) is 11.3 Å². The van der Waals surface area contributed by atoms with Gasteiger partial charge < -0.3 is 9.73 Å². The van der Waals surface area contributed by atoms with Gasteiger partial charge in [-0.3, -0.25) is 9.78 Å². The van der Waals surface area contributed by atoms with Crippen LogP contribution in [0, 0.1) is 6.92 Å². The molecule has 0 saturated heterocycles. The van der Waals surface area contributed by atoms with Gasteiger partial charge in [0.2, 0.25) is 5.91 Å². The first-order chi connectivity index (χ1) is 13.2. The number of fused-ring (bicyclic) bond motifs is 1. The average molecular weight is 377 g/mol. The number of para-hydroxylation sites is 1. The van der Waals surface area contributed by atoms with E-state index in [9.17, 15) is 4.79 Å². The summed E-state index contributed by atoms with van der Waals surface area (Å²) in [6, 6.07) is 13.9. The number of thiazole rings is 1. The smallest absolute Gasteiger partial charge is 0.226 e. The van der Waals surface area contributed by atoms with Gasteiger partial charge in [-0.15, -0.1) is 11.3 Å². The number of hydrogen-bond acceptors (Lipinski definition) is 5. The minimum absolute atomic E-state index is 0.0318. The predicted molar refractivity (Wildman–Crippen MR) is 107 cm³/mol. The molecule has 1 N–H and O–H groups in total. The Morgan fingerprint density at radius 1 is 1.19 bits per heavy atom. The number of furan rings is 1. The lowest BCUT2D eigenvalue weighted by Crippen LogP contribution is -2.27. The minimum Gasteiger partial charge on any atom is -0.459 e. The van der Waals surface area contributed by atoms with Gasteiger partial charge in [0.05, 0.1) is 17.6 Å². The summed E-state index contributed by atoms with van der Waals surface area (Å²) in [6.45, 7) is 2.47. The summed E-state index contributed by atoms with van der Waals surface area (Å²) in [7, 11) is 0. The molecule has 0 radical (unpaired) electrons. The molecule has 1 aromatic carbocycles. The molecule has 136 valence electrons. The third-order valence-corrected chi connectivity index (χ3v) is 5.18. The van der Waals surface area contributed by atoms with Gasteiger partial charge in [0.25, 0.3) is 0 Å². The fourth-order valence-corrected chi connectivity index (χ4v) is 3.76. The highest BCUT2D eigenvalue weighted by Gasteiger charge is 2.11. The molecule has 1 amide bonds. The number of pyridine rings is 1. The van der Waals surface area contributed by atoms with Crippen LogP contribution in [0.15, 0.2) is 58.5 Å². The molecule has 0 aliphatic heterocycles. The van der Waals surface area contributed by atoms with Crippen molar-refractivity contribution in [3.8, 4) is 10.8 Å². The minimum atomic E-state index is -0.0318. The number of rotatable bonds is 6. The van der Waals surface area contributed by atoms with E-state index in [4.69, 9.17) is 4.42 Å². The van der Waals surface area contributed by atoms with Gasteiger partial charge in [-0.05, 0) is 37.1 Å². The highest BCUT2D eigenvalue weighted by Crippen LogP contribution is 2.25. The van der Waals surface area contributed by atoms with Crippen LogP contribution in [0.1, 0.15) is 17.0 Å². The summed E-state index contributed by atoms with van der Waals surface area (Å²) in [6.07, 6.45) is 2.81. The van der Waals surface area contributed by atoms with Crippen molar-refractivity contribution in [1.82, 2.24) is 15.3 Å². The van der Waals surface area contributed by atoms with Crippen molar-refractivity contribution >= 4 is 28.1 Å². The Balaban J connectivity index is 1.33. The molecule has 0 saturated carbocycles. The van der Waals surface area contributed by atoms with Crippen LogP contribution >= 0.6 is 11.3 Å². The second kappa shape index (κ2) is 7.72. The zero-order valence-corrected chi connectivity index (χ0v) is 15.8. The van der Waals surface area contributed by atoms with Gasteiger partial charge in [0.1, 0.15) is 5.76 Å². The molecule has 4 aromatic rings. The number of aromatic nitrogens is 2. The van der Waals surface area contributed by atoms with E-state index in [-0.39, 0.29) is 12.3 Å². The van der Waals surface area contributed by atoms with Gasteiger partial charge in [0, 0.05) is 23.5 Å². The standard InChI is InChI=1S/C21H19N3O2S/c1-14-7-8-18(26-14)21-24-17(13-27-21)12-19(25)22-11-9-16-5-2-4-15-6-3-10-23-20(15)16/h2-8,10,13H,9,11-12H2,1H3,(H,22,25). The fourth-order valence-electron chi connectivity index (χ4n) is 2.98. The summed E-state index contributed by atoms with van der Waals surface area (Å²) < 4.78 is 5.58. The number of amides is 1. The number of carbonyl (C=O) groups excluding carboxylic acids is 1. The lowest BCUT2D eigenvalue weighted by Gasteiger charge is -2.07. The van der Waals surface area contributed by atoms with Crippen molar-refractivity contribution in [1.29, 1.82) is 0 Å². The lowest BCUT2D eigenvalue weighted by molar-refractivity contribution is -0.120. The molecule has 0 fully saturated rings. The Morgan fingerprint density at radius 3 is 2.93 bits per heavy atom. The fraction of sp³-hybridized carbons (Fsp3) is 0.190. The van der Waals surface area contributed by atoms with Crippen molar-refractivity contribution in [3.63, 3.8) is 0 Å². The van der Waals surface area contributed by atoms with Crippen molar-refractivity contribution in [2.75, 3.05) is 6.54 Å². The van der Waals surface area contributed by atoms with Crippen LogP contribution in [0.25, 0.3) is 21.7 Å². The third kappa shape index (κ3) is 4.06. The normalized spacial score (nSPS) is 11.0. The zero-order valence-electron chi connectivity index (χ0n) is 14.9. The number of nitrogens with zero attached hydrogens (tertiary/aromatic N) is 2. The maximum atomic E-state index is 12.2. The van der Waals surface area contributed by atoms with Gasteiger partial charge >= 0.3 is 0 Å². The number of benzene rings is 1. The summed E-state index contributed by atoms with van der Waals surface area (Å²) in [5.41, 5.74) is 2.89. The molecule has 3 aromatic heterocycles. The van der Waals surface area contributed by atoms with Crippen LogP contribution in [0.3, 0.4) is 0 Å². The van der Waals surface area contributed by atoms with E-state index < -0.39 is 0 Å². The van der Waals surface area contributed by atoms with Crippen molar-refractivity contribution < 1.29 is 9.21 Å². The first kappa shape index (κ1) is 17.4. The predicted octanol–water partition coefficient (Wildman–Crippen LogP) is 4.16. The summed E-state index contributed by atoms with van der Waals surface area (Å²) in [5.74, 6) is 1.56. The van der Waals surface area contributed by atoms with Crippen LogP contribution in [0.5, 0.6) is 0 Å². The van der Waals surface area contributed by atoms with Crippen LogP contribution in [0.2, 0.25) is 0 Å². The molecule has 27 heavy (non-hydrogen) atoms. The lowest BCUT2D eigenvalue weighted by atomic mass is 10.1. The monoisotopic (exact) mass is 377 g/mol. The molecule has 6 heteroatoms. The molecule has 5 nitrogen and oxygen atoms in total. The molecule has 3 heterocycles. The van der Waals surface area contributed by atoms with Crippen molar-refractivity contribution in [2.45, 2.75) is 19.8 Å². The average Bonchev–Trinajstić information content (AvgIpc) is 3.31. The largest absolute Gasteiger partial charge is 0.459 e. The van der Waals surface area contributed by atoms with E-state index in [2.05, 4.69) is 21.4 Å². The first-order valence-electron chi connectivity index (χ1n) is 8.79. The number of aryl methyl sites for hydroxylation is 1. The molecule has 0 spiro atoms. The Hall–Kier alpha value is -2.99. The molecular weight excluding hydrogens is 358 g/mol. The van der Waals surface area contributed by atoms with Gasteiger partial charge in [-0.2, -0.15) is 0 Å². The van der Waals surface area contributed by atoms with Crippen LogP contribution in [-0.2, 0) is 17.6 Å². The summed E-state index contributed by atoms with van der Waals surface area (Å²) in [4.78, 5) is 21.2. The Morgan fingerprint density at radius 2 is 2.07 bits per heavy atom. The summed E-state index contributed by atoms with van der Waals surface area (Å²) >= 11 is 1.49. The highest BCUT2D eigenvalue weighted by atomic mass is 32.1. The SMILES string of the molecule is Cc1ccc(-c2nc(CC(=O)NCCc3cccc4cccnc34)cs2)o1. The molecule has 0 bridgehead atoms. The number of hydrogen-bond donors (Lipinski definition) is 1. The zero-order chi connectivity index (χ0) is 18.6. The second-order valence-electron chi connectivity index (χ2n) is 6.32. The Labute approximate surface area is 161 Å². The van der Waals surface area contributed by atoms with Crippen LogP contribution in [-0.4, -0.2) is 22.4 Å². The first-order valence-corrected chi connectivity index (χ1v) is 9.67. The Kier molecular flexibility index (Phi) is 4.98. The molecule has 4 rings (SSSR count). The van der Waals surface area contributed by atoms with Crippen LogP contribution < -0.4 is 5.32 Å². The summed E-state index contributed by atoms with van der Waals surface area (Å²) in [5, 5.41) is 6.79. The topological polar surface area (TPSA) is 68.0 Å². The molecule has 0 atom stereocenters. The Bertz CT molecular complexity index is 1080. The second-order valence-corrected chi connectivity index (χ2v) is 7.18.